The lowest BCUT2D eigenvalue weighted by molar-refractivity contribution is 0.292. The molecule has 94 valence electrons. The van der Waals surface area contributed by atoms with E-state index in [0.29, 0.717) is 11.6 Å². The Hall–Kier alpha value is 0.390. The van der Waals surface area contributed by atoms with Crippen molar-refractivity contribution in [2.24, 2.45) is 11.5 Å². The first-order valence-electron chi connectivity index (χ1n) is 4.87. The maximum absolute atomic E-state index is 5.36. The van der Waals surface area contributed by atoms with Crippen LogP contribution in [0.2, 0.25) is 0 Å². The number of unbranched alkanes of at least 4 members (excludes halogenated alkanes) is 2. The number of halogens is 2. The van der Waals surface area contributed by atoms with Gasteiger partial charge in [-0.1, -0.05) is 0 Å². The van der Waals surface area contributed by atoms with Gasteiger partial charge < -0.3 is 16.2 Å². The first-order valence-corrected chi connectivity index (χ1v) is 5.28. The van der Waals surface area contributed by atoms with E-state index in [-0.39, 0.29) is 24.8 Å². The molecule has 0 aromatic carbocycles. The summed E-state index contributed by atoms with van der Waals surface area (Å²) in [5.74, 6) is 0. The molecular formula is C9H22Cl2N2OS. The van der Waals surface area contributed by atoms with E-state index < -0.39 is 0 Å². The average Bonchev–Trinajstić information content (AvgIpc) is 2.14. The van der Waals surface area contributed by atoms with Gasteiger partial charge in [0.05, 0.1) is 6.61 Å². The first-order chi connectivity index (χ1) is 6.31. The summed E-state index contributed by atoms with van der Waals surface area (Å²) in [6.45, 7) is 2.16. The molecule has 0 amide bonds. The van der Waals surface area contributed by atoms with E-state index >= 15 is 0 Å². The van der Waals surface area contributed by atoms with E-state index in [1.807, 2.05) is 0 Å². The Kier molecular flexibility index (Phi) is 23.3. The second-order valence-electron chi connectivity index (χ2n) is 2.96. The molecule has 0 heterocycles. The minimum Gasteiger partial charge on any atom is -0.487 e. The number of nitrogens with two attached hydrogens (primary N) is 2. The fraction of sp³-hybridized carbons (Fsp3) is 0.889. The summed E-state index contributed by atoms with van der Waals surface area (Å²) in [7, 11) is 0. The first kappa shape index (κ1) is 20.8. The molecule has 0 aliphatic carbocycles. The van der Waals surface area contributed by atoms with Gasteiger partial charge in [-0.2, -0.15) is 0 Å². The summed E-state index contributed by atoms with van der Waals surface area (Å²) in [5, 5.41) is 0.693. The third kappa shape index (κ3) is 17.0. The molecule has 0 aromatic heterocycles. The Morgan fingerprint density at radius 2 is 1.53 bits per heavy atom. The van der Waals surface area contributed by atoms with Gasteiger partial charge in [0.25, 0.3) is 0 Å². The molecule has 0 saturated carbocycles. The number of thiocarbonyl (C=S) groups is 1. The van der Waals surface area contributed by atoms with Crippen LogP contribution < -0.4 is 11.5 Å². The molecule has 0 fully saturated rings. The quantitative estimate of drug-likeness (QED) is 0.526. The molecule has 0 rings (SSSR count). The van der Waals surface area contributed by atoms with Gasteiger partial charge in [-0.15, -0.1) is 24.8 Å². The zero-order chi connectivity index (χ0) is 9.94. The van der Waals surface area contributed by atoms with Crippen LogP contribution in [-0.4, -0.2) is 24.7 Å². The third-order valence-corrected chi connectivity index (χ3v) is 2.02. The minimum absolute atomic E-state index is 0. The minimum atomic E-state index is 0. The molecule has 0 aliphatic rings. The number of hydrogen-bond donors (Lipinski definition) is 2. The maximum atomic E-state index is 5.36. The van der Waals surface area contributed by atoms with Crippen molar-refractivity contribution in [1.82, 2.24) is 0 Å². The van der Waals surface area contributed by atoms with Gasteiger partial charge >= 0.3 is 0 Å². The van der Waals surface area contributed by atoms with Crippen molar-refractivity contribution in [2.45, 2.75) is 32.1 Å². The van der Waals surface area contributed by atoms with Crippen molar-refractivity contribution in [2.75, 3.05) is 19.7 Å². The Morgan fingerprint density at radius 3 is 2.07 bits per heavy atom. The Bertz CT molecular complexity index is 139. The molecule has 4 N–H and O–H groups in total. The molecule has 0 aromatic rings. The van der Waals surface area contributed by atoms with Gasteiger partial charge in [0.2, 0.25) is 0 Å². The molecule has 0 atom stereocenters. The second-order valence-corrected chi connectivity index (χ2v) is 3.42. The molecule has 0 aliphatic heterocycles. The van der Waals surface area contributed by atoms with Crippen molar-refractivity contribution in [3.05, 3.63) is 0 Å². The summed E-state index contributed by atoms with van der Waals surface area (Å²) < 4.78 is 5.33. The Morgan fingerprint density at radius 1 is 0.933 bits per heavy atom. The summed E-state index contributed by atoms with van der Waals surface area (Å²) >= 11 is 4.99. The van der Waals surface area contributed by atoms with Gasteiger partial charge in [-0.25, -0.2) is 0 Å². The third-order valence-electron chi connectivity index (χ3n) is 1.70. The lowest BCUT2D eigenvalue weighted by atomic mass is 10.2. The predicted molar refractivity (Wildman–Crippen MR) is 74.2 cm³/mol. The van der Waals surface area contributed by atoms with Crippen LogP contribution in [0.1, 0.15) is 32.1 Å². The average molecular weight is 277 g/mol. The molecular weight excluding hydrogens is 255 g/mol. The topological polar surface area (TPSA) is 61.3 Å². The van der Waals surface area contributed by atoms with Crippen LogP contribution in [0.15, 0.2) is 0 Å². The monoisotopic (exact) mass is 276 g/mol. The van der Waals surface area contributed by atoms with E-state index in [1.54, 1.807) is 0 Å². The number of ether oxygens (including phenoxy) is 1. The fourth-order valence-corrected chi connectivity index (χ4v) is 1.16. The van der Waals surface area contributed by atoms with Crippen molar-refractivity contribution in [3.8, 4) is 0 Å². The highest BCUT2D eigenvalue weighted by atomic mass is 35.5. The van der Waals surface area contributed by atoms with Crippen LogP contribution in [0.4, 0.5) is 0 Å². The van der Waals surface area contributed by atoms with Crippen molar-refractivity contribution < 1.29 is 4.74 Å². The summed E-state index contributed by atoms with van der Waals surface area (Å²) in [6, 6.07) is 0. The van der Waals surface area contributed by atoms with Crippen LogP contribution in [-0.2, 0) is 4.74 Å². The lowest BCUT2D eigenvalue weighted by Gasteiger charge is -2.06. The van der Waals surface area contributed by atoms with Gasteiger partial charge in [-0.3, -0.25) is 0 Å². The van der Waals surface area contributed by atoms with Crippen LogP contribution in [0.5, 0.6) is 0 Å². The summed E-state index contributed by atoms with van der Waals surface area (Å²) in [6.07, 6.45) is 4.96. The largest absolute Gasteiger partial charge is 0.487 e. The van der Waals surface area contributed by atoms with E-state index in [2.05, 4.69) is 0 Å². The van der Waals surface area contributed by atoms with Crippen LogP contribution >= 0.6 is 37.0 Å². The van der Waals surface area contributed by atoms with Crippen LogP contribution in [0.25, 0.3) is 0 Å². The molecule has 3 nitrogen and oxygen atoms in total. The van der Waals surface area contributed by atoms with Crippen molar-refractivity contribution >= 4 is 42.1 Å². The highest BCUT2D eigenvalue weighted by Gasteiger charge is 1.96. The fourth-order valence-electron chi connectivity index (χ4n) is 0.928. The van der Waals surface area contributed by atoms with Crippen molar-refractivity contribution in [3.63, 3.8) is 0 Å². The highest BCUT2D eigenvalue weighted by molar-refractivity contribution is 7.80. The lowest BCUT2D eigenvalue weighted by Crippen LogP contribution is -2.07. The van der Waals surface area contributed by atoms with E-state index in [0.717, 1.165) is 45.3 Å². The molecule has 0 unspecified atom stereocenters. The molecule has 0 bridgehead atoms. The maximum Gasteiger partial charge on any atom is 0.159 e. The Balaban J connectivity index is -0.000000720. The molecule has 15 heavy (non-hydrogen) atoms. The van der Waals surface area contributed by atoms with Crippen LogP contribution in [0, 0.1) is 0 Å². The second kappa shape index (κ2) is 16.8. The van der Waals surface area contributed by atoms with Gasteiger partial charge in [-0.05, 0) is 51.0 Å². The normalized spacial score (nSPS) is 8.67. The van der Waals surface area contributed by atoms with E-state index in [9.17, 15) is 0 Å². The summed E-state index contributed by atoms with van der Waals surface area (Å²) in [4.78, 5) is 0. The Labute approximate surface area is 110 Å². The van der Waals surface area contributed by atoms with E-state index in [4.69, 9.17) is 28.4 Å². The number of hydrogen-bond acceptors (Lipinski definition) is 4. The summed E-state index contributed by atoms with van der Waals surface area (Å²) in [5.41, 5.74) is 10.7. The van der Waals surface area contributed by atoms with E-state index in [1.165, 1.54) is 0 Å². The van der Waals surface area contributed by atoms with Gasteiger partial charge in [0.15, 0.2) is 5.05 Å². The van der Waals surface area contributed by atoms with Crippen molar-refractivity contribution in [1.29, 1.82) is 0 Å². The SMILES string of the molecule is Cl.Cl.NCCCCCOC(=S)CCCN. The predicted octanol–water partition coefficient (Wildman–Crippen LogP) is 2.04. The smallest absolute Gasteiger partial charge is 0.159 e. The molecule has 6 heteroatoms. The highest BCUT2D eigenvalue weighted by Crippen LogP contribution is 1.98. The zero-order valence-electron chi connectivity index (χ0n) is 8.94. The molecule has 0 spiro atoms. The van der Waals surface area contributed by atoms with Gasteiger partial charge in [0, 0.05) is 6.42 Å². The standard InChI is InChI=1S/C9H20N2OS.2ClH/c10-6-2-1-3-8-12-9(13)5-4-7-11;;/h1-8,10-11H2;2*1H. The van der Waals surface area contributed by atoms with Gasteiger partial charge in [0.1, 0.15) is 0 Å². The molecule has 0 saturated heterocycles. The zero-order valence-corrected chi connectivity index (χ0v) is 11.4. The van der Waals surface area contributed by atoms with Crippen LogP contribution in [0.3, 0.4) is 0 Å². The number of rotatable bonds is 8. The molecule has 0 radical (unpaired) electrons.